The summed E-state index contributed by atoms with van der Waals surface area (Å²) in [6.07, 6.45) is 8.70. The lowest BCUT2D eigenvalue weighted by atomic mass is 10.1. The first kappa shape index (κ1) is 19.5. The van der Waals surface area contributed by atoms with E-state index in [0.717, 1.165) is 12.8 Å². The first-order valence-corrected chi connectivity index (χ1v) is 9.14. The fourth-order valence-corrected chi connectivity index (χ4v) is 2.58. The van der Waals surface area contributed by atoms with E-state index in [9.17, 15) is 10.1 Å². The summed E-state index contributed by atoms with van der Waals surface area (Å²) in [5.41, 5.74) is 1.29. The Labute approximate surface area is 155 Å². The lowest BCUT2D eigenvalue weighted by molar-refractivity contribution is 0.102. The van der Waals surface area contributed by atoms with E-state index in [1.165, 1.54) is 25.7 Å². The monoisotopic (exact) mass is 351 g/mol. The van der Waals surface area contributed by atoms with E-state index in [-0.39, 0.29) is 5.91 Å². The van der Waals surface area contributed by atoms with Crippen molar-refractivity contribution in [3.8, 4) is 11.8 Å². The van der Waals surface area contributed by atoms with E-state index in [1.54, 1.807) is 42.6 Å². The molecular formula is C21H25N3O2. The molecule has 0 unspecified atom stereocenters. The highest BCUT2D eigenvalue weighted by Gasteiger charge is 2.10. The van der Waals surface area contributed by atoms with E-state index >= 15 is 0 Å². The zero-order valence-corrected chi connectivity index (χ0v) is 15.2. The maximum Gasteiger partial charge on any atom is 0.274 e. The highest BCUT2D eigenvalue weighted by molar-refractivity contribution is 6.02. The van der Waals surface area contributed by atoms with Crippen molar-refractivity contribution >= 4 is 11.6 Å². The Morgan fingerprint density at radius 3 is 2.69 bits per heavy atom. The summed E-state index contributed by atoms with van der Waals surface area (Å²) in [5.74, 6) is 0.243. The van der Waals surface area contributed by atoms with Crippen molar-refractivity contribution in [2.24, 2.45) is 0 Å². The molecule has 1 aromatic carbocycles. The Hall–Kier alpha value is -2.87. The third-order valence-corrected chi connectivity index (χ3v) is 4.01. The van der Waals surface area contributed by atoms with Gasteiger partial charge in [0.25, 0.3) is 5.91 Å². The summed E-state index contributed by atoms with van der Waals surface area (Å²) in [7, 11) is 0. The molecule has 2 rings (SSSR count). The van der Waals surface area contributed by atoms with Gasteiger partial charge in [-0.3, -0.25) is 9.78 Å². The number of benzene rings is 1. The molecule has 2 aromatic rings. The number of hydrogen-bond acceptors (Lipinski definition) is 4. The summed E-state index contributed by atoms with van der Waals surface area (Å²) in [5, 5.41) is 12.1. The van der Waals surface area contributed by atoms with Gasteiger partial charge >= 0.3 is 0 Å². The molecule has 0 fully saturated rings. The number of carbonyl (C=O) groups excluding carboxylic acids is 1. The van der Waals surface area contributed by atoms with Gasteiger partial charge in [-0.1, -0.05) is 45.1 Å². The predicted octanol–water partition coefficient (Wildman–Crippen LogP) is 4.94. The molecule has 0 aliphatic heterocycles. The normalized spacial score (nSPS) is 10.2. The van der Waals surface area contributed by atoms with Gasteiger partial charge in [0.2, 0.25) is 0 Å². The number of rotatable bonds is 10. The quantitative estimate of drug-likeness (QED) is 0.615. The number of carbonyl (C=O) groups is 1. The number of ether oxygens (including phenoxy) is 1. The van der Waals surface area contributed by atoms with Gasteiger partial charge < -0.3 is 10.1 Å². The average molecular weight is 351 g/mol. The van der Waals surface area contributed by atoms with Crippen molar-refractivity contribution in [3.63, 3.8) is 0 Å². The second-order valence-corrected chi connectivity index (χ2v) is 6.11. The van der Waals surface area contributed by atoms with Crippen LogP contribution in [0, 0.1) is 11.3 Å². The van der Waals surface area contributed by atoms with E-state index in [2.05, 4.69) is 23.3 Å². The van der Waals surface area contributed by atoms with E-state index in [1.807, 2.05) is 0 Å². The lowest BCUT2D eigenvalue weighted by Gasteiger charge is -2.10. The van der Waals surface area contributed by atoms with Crippen molar-refractivity contribution in [1.82, 2.24) is 4.98 Å². The Bertz CT molecular complexity index is 739. The summed E-state index contributed by atoms with van der Waals surface area (Å²) < 4.78 is 5.73. The average Bonchev–Trinajstić information content (AvgIpc) is 2.68. The minimum Gasteiger partial charge on any atom is -0.492 e. The molecule has 136 valence electrons. The van der Waals surface area contributed by atoms with Gasteiger partial charge in [0.1, 0.15) is 17.5 Å². The van der Waals surface area contributed by atoms with Crippen LogP contribution in [0.25, 0.3) is 0 Å². The van der Waals surface area contributed by atoms with Crippen LogP contribution in [0.2, 0.25) is 0 Å². The Morgan fingerprint density at radius 2 is 1.96 bits per heavy atom. The number of hydrogen-bond donors (Lipinski definition) is 1. The predicted molar refractivity (Wildman–Crippen MR) is 102 cm³/mol. The highest BCUT2D eigenvalue weighted by Crippen LogP contribution is 2.23. The number of nitrogens with zero attached hydrogens (tertiary/aromatic N) is 2. The maximum atomic E-state index is 12.1. The molecule has 5 heteroatoms. The molecule has 0 saturated carbocycles. The summed E-state index contributed by atoms with van der Waals surface area (Å²) in [6, 6.07) is 12.3. The van der Waals surface area contributed by atoms with Crippen LogP contribution in [-0.4, -0.2) is 17.5 Å². The number of nitrogens with one attached hydrogen (secondary N) is 1. The molecule has 1 heterocycles. The number of unbranched alkanes of at least 4 members (excludes halogenated alkanes) is 5. The van der Waals surface area contributed by atoms with Gasteiger partial charge in [-0.25, -0.2) is 0 Å². The molecule has 1 amide bonds. The molecule has 0 atom stereocenters. The van der Waals surface area contributed by atoms with Crippen molar-refractivity contribution in [2.75, 3.05) is 11.9 Å². The van der Waals surface area contributed by atoms with Gasteiger partial charge in [-0.2, -0.15) is 5.26 Å². The zero-order chi connectivity index (χ0) is 18.6. The molecule has 0 saturated heterocycles. The third-order valence-electron chi connectivity index (χ3n) is 4.01. The number of anilines is 1. The summed E-state index contributed by atoms with van der Waals surface area (Å²) in [4.78, 5) is 16.1. The zero-order valence-electron chi connectivity index (χ0n) is 15.2. The van der Waals surface area contributed by atoms with Crippen LogP contribution in [0.5, 0.6) is 5.75 Å². The second kappa shape index (κ2) is 10.9. The Kier molecular flexibility index (Phi) is 8.14. The van der Waals surface area contributed by atoms with Crippen LogP contribution >= 0.6 is 0 Å². The molecule has 0 aliphatic carbocycles. The van der Waals surface area contributed by atoms with Crippen LogP contribution in [0.15, 0.2) is 42.6 Å². The van der Waals surface area contributed by atoms with E-state index in [0.29, 0.717) is 29.3 Å². The largest absolute Gasteiger partial charge is 0.492 e. The van der Waals surface area contributed by atoms with Crippen LogP contribution < -0.4 is 10.1 Å². The minimum atomic E-state index is -0.310. The fourth-order valence-electron chi connectivity index (χ4n) is 2.58. The van der Waals surface area contributed by atoms with Crippen LogP contribution in [0.3, 0.4) is 0 Å². The SMILES string of the molecule is CCCCCCCCOc1ccc(NC(=O)c2ccccn2)cc1C#N. The van der Waals surface area contributed by atoms with Gasteiger partial charge in [0.15, 0.2) is 0 Å². The minimum absolute atomic E-state index is 0.310. The molecule has 0 aliphatic rings. The number of nitriles is 1. The molecule has 1 aromatic heterocycles. The molecule has 0 radical (unpaired) electrons. The Balaban J connectivity index is 1.87. The standard InChI is InChI=1S/C21H25N3O2/c1-2-3-4-5-6-9-14-26-20-12-11-18(15-17(20)16-22)24-21(25)19-10-7-8-13-23-19/h7-8,10-13,15H,2-6,9,14H2,1H3,(H,24,25). The van der Waals surface area contributed by atoms with Crippen molar-refractivity contribution in [1.29, 1.82) is 5.26 Å². The molecular weight excluding hydrogens is 326 g/mol. The van der Waals surface area contributed by atoms with Gasteiger partial charge in [-0.15, -0.1) is 0 Å². The summed E-state index contributed by atoms with van der Waals surface area (Å²) >= 11 is 0. The van der Waals surface area contributed by atoms with Crippen molar-refractivity contribution < 1.29 is 9.53 Å². The van der Waals surface area contributed by atoms with E-state index in [4.69, 9.17) is 4.74 Å². The van der Waals surface area contributed by atoms with E-state index < -0.39 is 0 Å². The highest BCUT2D eigenvalue weighted by atomic mass is 16.5. The molecule has 0 bridgehead atoms. The number of aromatic nitrogens is 1. The van der Waals surface area contributed by atoms with Crippen molar-refractivity contribution in [2.45, 2.75) is 45.4 Å². The molecule has 5 nitrogen and oxygen atoms in total. The van der Waals surface area contributed by atoms with Crippen molar-refractivity contribution in [3.05, 3.63) is 53.9 Å². The molecule has 0 spiro atoms. The Morgan fingerprint density at radius 1 is 1.15 bits per heavy atom. The number of amides is 1. The van der Waals surface area contributed by atoms with Crippen LogP contribution in [-0.2, 0) is 0 Å². The third kappa shape index (κ3) is 6.21. The fraction of sp³-hybridized carbons (Fsp3) is 0.381. The maximum absolute atomic E-state index is 12.1. The van der Waals surface area contributed by atoms with Gasteiger partial charge in [-0.05, 0) is 36.8 Å². The first-order valence-electron chi connectivity index (χ1n) is 9.14. The smallest absolute Gasteiger partial charge is 0.274 e. The van der Waals surface area contributed by atoms with Gasteiger partial charge in [0.05, 0.1) is 12.2 Å². The summed E-state index contributed by atoms with van der Waals surface area (Å²) in [6.45, 7) is 2.80. The molecule has 1 N–H and O–H groups in total. The molecule has 26 heavy (non-hydrogen) atoms. The van der Waals surface area contributed by atoms with Crippen LogP contribution in [0.1, 0.15) is 61.5 Å². The van der Waals surface area contributed by atoms with Gasteiger partial charge in [0, 0.05) is 11.9 Å². The second-order valence-electron chi connectivity index (χ2n) is 6.11. The van der Waals surface area contributed by atoms with Crippen LogP contribution in [0.4, 0.5) is 5.69 Å². The topological polar surface area (TPSA) is 75.0 Å². The first-order chi connectivity index (χ1) is 12.7. The lowest BCUT2D eigenvalue weighted by Crippen LogP contribution is -2.13. The number of pyridine rings is 1.